The first-order valence-corrected chi connectivity index (χ1v) is 8.24. The number of rotatable bonds is 5. The van der Waals surface area contributed by atoms with Crippen LogP contribution in [0.1, 0.15) is 21.8 Å². The molecule has 2 aromatic rings. The summed E-state index contributed by atoms with van der Waals surface area (Å²) in [5, 5.41) is 15.0. The van der Waals surface area contributed by atoms with Gasteiger partial charge in [0.25, 0.3) is 5.69 Å². The maximum absolute atomic E-state index is 11.9. The van der Waals surface area contributed by atoms with Gasteiger partial charge in [-0.1, -0.05) is 5.16 Å². The zero-order chi connectivity index (χ0) is 18.7. The number of nitro benzene ring substituents is 1. The lowest BCUT2D eigenvalue weighted by molar-refractivity contribution is -0.385. The van der Waals surface area contributed by atoms with E-state index in [1.807, 2.05) is 13.0 Å². The average Bonchev–Trinajstić information content (AvgIpc) is 3.05. The monoisotopic (exact) mass is 360 g/mol. The molecule has 0 aliphatic carbocycles. The number of hydrogen-bond donors (Lipinski definition) is 0. The van der Waals surface area contributed by atoms with Gasteiger partial charge in [0.1, 0.15) is 5.56 Å². The first kappa shape index (κ1) is 17.9. The minimum Gasteiger partial charge on any atom is -0.465 e. The number of aromatic nitrogens is 1. The van der Waals surface area contributed by atoms with Gasteiger partial charge in [0, 0.05) is 44.0 Å². The third kappa shape index (κ3) is 3.83. The van der Waals surface area contributed by atoms with Gasteiger partial charge in [-0.2, -0.15) is 0 Å². The van der Waals surface area contributed by atoms with E-state index >= 15 is 0 Å². The van der Waals surface area contributed by atoms with Crippen molar-refractivity contribution in [2.24, 2.45) is 0 Å². The largest absolute Gasteiger partial charge is 0.465 e. The Balaban J connectivity index is 1.69. The summed E-state index contributed by atoms with van der Waals surface area (Å²) in [4.78, 5) is 26.7. The van der Waals surface area contributed by atoms with Gasteiger partial charge in [0.15, 0.2) is 5.76 Å². The van der Waals surface area contributed by atoms with Crippen molar-refractivity contribution < 1.29 is 19.0 Å². The van der Waals surface area contributed by atoms with Gasteiger partial charge < -0.3 is 14.2 Å². The summed E-state index contributed by atoms with van der Waals surface area (Å²) in [5.41, 5.74) is 1.35. The first-order valence-electron chi connectivity index (χ1n) is 8.24. The van der Waals surface area contributed by atoms with Crippen molar-refractivity contribution in [3.05, 3.63) is 51.4 Å². The molecule has 1 aromatic heterocycles. The van der Waals surface area contributed by atoms with E-state index in [-0.39, 0.29) is 11.3 Å². The Labute approximate surface area is 150 Å². The van der Waals surface area contributed by atoms with E-state index in [0.29, 0.717) is 6.54 Å². The van der Waals surface area contributed by atoms with E-state index in [9.17, 15) is 14.9 Å². The number of nitrogens with zero attached hydrogens (tertiary/aromatic N) is 4. The SMILES string of the molecule is COC(=O)c1cc(N2CCN(Cc3cc(C)no3)CC2)ccc1[N+](=O)[O-]. The fraction of sp³-hybridized carbons (Fsp3) is 0.412. The number of nitro groups is 1. The van der Waals surface area contributed by atoms with Crippen LogP contribution < -0.4 is 4.90 Å². The van der Waals surface area contributed by atoms with Crippen molar-refractivity contribution in [3.8, 4) is 0 Å². The number of ether oxygens (including phenoxy) is 1. The van der Waals surface area contributed by atoms with Crippen LogP contribution >= 0.6 is 0 Å². The van der Waals surface area contributed by atoms with Gasteiger partial charge in [0.2, 0.25) is 0 Å². The Morgan fingerprint density at radius 1 is 1.31 bits per heavy atom. The Morgan fingerprint density at radius 2 is 2.04 bits per heavy atom. The Morgan fingerprint density at radius 3 is 2.62 bits per heavy atom. The normalized spacial score (nSPS) is 15.1. The summed E-state index contributed by atoms with van der Waals surface area (Å²) >= 11 is 0. The van der Waals surface area contributed by atoms with Crippen molar-refractivity contribution in [1.82, 2.24) is 10.1 Å². The maximum atomic E-state index is 11.9. The summed E-state index contributed by atoms with van der Waals surface area (Å²) in [5.74, 6) is 0.122. The van der Waals surface area contributed by atoms with Gasteiger partial charge >= 0.3 is 5.97 Å². The summed E-state index contributed by atoms with van der Waals surface area (Å²) in [6, 6.07) is 6.47. The summed E-state index contributed by atoms with van der Waals surface area (Å²) in [6.45, 7) is 5.69. The Kier molecular flexibility index (Phi) is 5.17. The fourth-order valence-corrected chi connectivity index (χ4v) is 3.03. The molecular formula is C17H20N4O5. The summed E-state index contributed by atoms with van der Waals surface area (Å²) in [6.07, 6.45) is 0. The predicted octanol–water partition coefficient (Wildman–Crippen LogP) is 2.00. The molecule has 26 heavy (non-hydrogen) atoms. The Bertz CT molecular complexity index is 811. The minimum atomic E-state index is -0.710. The second-order valence-corrected chi connectivity index (χ2v) is 6.15. The van der Waals surface area contributed by atoms with Crippen molar-refractivity contribution in [3.63, 3.8) is 0 Å². The number of carbonyl (C=O) groups is 1. The smallest absolute Gasteiger partial charge is 0.344 e. The third-order valence-electron chi connectivity index (χ3n) is 4.38. The van der Waals surface area contributed by atoms with E-state index in [4.69, 9.17) is 4.52 Å². The van der Waals surface area contributed by atoms with Gasteiger partial charge in [0.05, 0.1) is 24.3 Å². The van der Waals surface area contributed by atoms with Crippen LogP contribution in [0, 0.1) is 17.0 Å². The molecule has 138 valence electrons. The maximum Gasteiger partial charge on any atom is 0.344 e. The van der Waals surface area contributed by atoms with Crippen molar-refractivity contribution >= 4 is 17.3 Å². The molecule has 0 spiro atoms. The molecular weight excluding hydrogens is 340 g/mol. The summed E-state index contributed by atoms with van der Waals surface area (Å²) < 4.78 is 9.92. The van der Waals surface area contributed by atoms with E-state index in [2.05, 4.69) is 19.7 Å². The molecule has 2 heterocycles. The number of carbonyl (C=O) groups excluding carboxylic acids is 1. The molecule has 0 N–H and O–H groups in total. The number of methoxy groups -OCH3 is 1. The predicted molar refractivity (Wildman–Crippen MR) is 93.2 cm³/mol. The van der Waals surface area contributed by atoms with Gasteiger partial charge in [-0.15, -0.1) is 0 Å². The van der Waals surface area contributed by atoms with E-state index in [1.165, 1.54) is 19.2 Å². The lowest BCUT2D eigenvalue weighted by atomic mass is 10.1. The number of benzene rings is 1. The van der Waals surface area contributed by atoms with Crippen LogP contribution in [-0.2, 0) is 11.3 Å². The first-order chi connectivity index (χ1) is 12.5. The second kappa shape index (κ2) is 7.52. The van der Waals surface area contributed by atoms with Crippen LogP contribution in [-0.4, -0.2) is 54.2 Å². The zero-order valence-electron chi connectivity index (χ0n) is 14.7. The van der Waals surface area contributed by atoms with Crippen LogP contribution in [0.15, 0.2) is 28.8 Å². The highest BCUT2D eigenvalue weighted by molar-refractivity contribution is 5.95. The van der Waals surface area contributed by atoms with Crippen LogP contribution in [0.5, 0.6) is 0 Å². The Hall–Kier alpha value is -2.94. The van der Waals surface area contributed by atoms with Crippen LogP contribution in [0.25, 0.3) is 0 Å². The molecule has 0 radical (unpaired) electrons. The lowest BCUT2D eigenvalue weighted by Crippen LogP contribution is -2.46. The molecule has 0 atom stereocenters. The molecule has 9 nitrogen and oxygen atoms in total. The van der Waals surface area contributed by atoms with Crippen LogP contribution in [0.3, 0.4) is 0 Å². The van der Waals surface area contributed by atoms with E-state index in [0.717, 1.165) is 43.3 Å². The fourth-order valence-electron chi connectivity index (χ4n) is 3.03. The average molecular weight is 360 g/mol. The number of piperazine rings is 1. The highest BCUT2D eigenvalue weighted by Gasteiger charge is 2.24. The standard InChI is InChI=1S/C17H20N4O5/c1-12-9-14(26-18-12)11-19-5-7-20(8-6-19)13-3-4-16(21(23)24)15(10-13)17(22)25-2/h3-4,9-10H,5-8,11H2,1-2H3. The molecule has 0 bridgehead atoms. The van der Waals surface area contributed by atoms with Gasteiger partial charge in [-0.25, -0.2) is 4.79 Å². The highest BCUT2D eigenvalue weighted by Crippen LogP contribution is 2.26. The molecule has 1 saturated heterocycles. The molecule has 0 amide bonds. The number of hydrogen-bond acceptors (Lipinski definition) is 8. The quantitative estimate of drug-likeness (QED) is 0.453. The number of aryl methyl sites for hydroxylation is 1. The third-order valence-corrected chi connectivity index (χ3v) is 4.38. The van der Waals surface area contributed by atoms with Crippen molar-refractivity contribution in [2.45, 2.75) is 13.5 Å². The molecule has 1 fully saturated rings. The minimum absolute atomic E-state index is 0.0328. The van der Waals surface area contributed by atoms with Gasteiger partial charge in [-0.05, 0) is 19.1 Å². The zero-order valence-corrected chi connectivity index (χ0v) is 14.7. The number of anilines is 1. The van der Waals surface area contributed by atoms with E-state index < -0.39 is 10.9 Å². The molecule has 0 saturated carbocycles. The lowest BCUT2D eigenvalue weighted by Gasteiger charge is -2.35. The van der Waals surface area contributed by atoms with Crippen LogP contribution in [0.4, 0.5) is 11.4 Å². The highest BCUT2D eigenvalue weighted by atomic mass is 16.6. The molecule has 0 unspecified atom stereocenters. The molecule has 3 rings (SSSR count). The molecule has 1 aromatic carbocycles. The molecule has 1 aliphatic rings. The second-order valence-electron chi connectivity index (χ2n) is 6.15. The van der Waals surface area contributed by atoms with Crippen molar-refractivity contribution in [1.29, 1.82) is 0 Å². The molecule has 9 heteroatoms. The van der Waals surface area contributed by atoms with Gasteiger partial charge in [-0.3, -0.25) is 15.0 Å². The van der Waals surface area contributed by atoms with Crippen molar-refractivity contribution in [2.75, 3.05) is 38.2 Å². The topological polar surface area (TPSA) is 102 Å². The van der Waals surface area contributed by atoms with E-state index in [1.54, 1.807) is 6.07 Å². The molecule has 1 aliphatic heterocycles. The number of esters is 1. The summed E-state index contributed by atoms with van der Waals surface area (Å²) in [7, 11) is 1.21. The van der Waals surface area contributed by atoms with Crippen LogP contribution in [0.2, 0.25) is 0 Å².